The molecule has 0 unspecified atom stereocenters. The highest BCUT2D eigenvalue weighted by Crippen LogP contribution is 2.30. The molecule has 0 atom stereocenters. The number of benzene rings is 1. The molecule has 1 aromatic heterocycles. The van der Waals surface area contributed by atoms with Gasteiger partial charge in [-0.2, -0.15) is 5.10 Å². The summed E-state index contributed by atoms with van der Waals surface area (Å²) in [5, 5.41) is 4.64. The zero-order valence-electron chi connectivity index (χ0n) is 17.8. The molecule has 2 N–H and O–H groups in total. The Morgan fingerprint density at radius 2 is 1.86 bits per heavy atom. The molecule has 0 amide bonds. The van der Waals surface area contributed by atoms with E-state index in [1.54, 1.807) is 0 Å². The number of nitrogens with two attached hydrogens (primary N) is 1. The van der Waals surface area contributed by atoms with Crippen LogP contribution in [0.5, 0.6) is 0 Å². The second kappa shape index (κ2) is 11.9. The highest BCUT2D eigenvalue weighted by atomic mass is 16.6. The van der Waals surface area contributed by atoms with Crippen LogP contribution in [0.1, 0.15) is 37.1 Å². The third-order valence-corrected chi connectivity index (χ3v) is 4.27. The lowest BCUT2D eigenvalue weighted by Gasteiger charge is -2.15. The predicted octanol–water partition coefficient (Wildman–Crippen LogP) is 5.72. The van der Waals surface area contributed by atoms with Gasteiger partial charge in [-0.25, -0.2) is 10.6 Å². The van der Waals surface area contributed by atoms with E-state index in [0.717, 1.165) is 12.1 Å². The minimum atomic E-state index is 0.493. The zero-order chi connectivity index (χ0) is 21.1. The lowest BCUT2D eigenvalue weighted by atomic mass is 9.97. The van der Waals surface area contributed by atoms with E-state index >= 15 is 0 Å². The van der Waals surface area contributed by atoms with Crippen LogP contribution in [0.4, 0.5) is 0 Å². The first kappa shape index (κ1) is 23.3. The molecule has 0 saturated heterocycles. The zero-order valence-corrected chi connectivity index (χ0v) is 17.8. The standard InChI is InChI=1S/C21H24N2.C2H4.CH5NO/c1-15(2)20-10-6-9-19(18-8-5-7-16(3)13-18)14-21(20)23-12-11-17(4)22-23;1-2;1-3-2/h5-9,11-15H,10H2,1-4H3;1-2H2;2H2,1H3. The summed E-state index contributed by atoms with van der Waals surface area (Å²) < 4.78 is 2.02. The number of rotatable bonds is 3. The largest absolute Gasteiger partial charge is 0.308 e. The van der Waals surface area contributed by atoms with Gasteiger partial charge in [0.25, 0.3) is 0 Å². The van der Waals surface area contributed by atoms with Crippen molar-refractivity contribution in [1.29, 1.82) is 0 Å². The summed E-state index contributed by atoms with van der Waals surface area (Å²) >= 11 is 0. The SMILES string of the molecule is C=C.CON.Cc1cccc(C2=CC(n3ccc(C)n3)=C(C(C)C)CC=C2)c1. The molecular formula is C24H33N3O. The minimum Gasteiger partial charge on any atom is -0.308 e. The van der Waals surface area contributed by atoms with Crippen molar-refractivity contribution in [2.75, 3.05) is 7.11 Å². The third-order valence-electron chi connectivity index (χ3n) is 4.27. The van der Waals surface area contributed by atoms with Crippen LogP contribution in [0, 0.1) is 19.8 Å². The highest BCUT2D eigenvalue weighted by molar-refractivity contribution is 5.84. The van der Waals surface area contributed by atoms with Crippen molar-refractivity contribution in [1.82, 2.24) is 9.78 Å². The van der Waals surface area contributed by atoms with Crippen molar-refractivity contribution in [2.45, 2.75) is 34.1 Å². The van der Waals surface area contributed by atoms with Crippen molar-refractivity contribution < 1.29 is 4.84 Å². The Hall–Kier alpha value is -2.69. The van der Waals surface area contributed by atoms with E-state index in [1.165, 1.54) is 35.1 Å². The van der Waals surface area contributed by atoms with Gasteiger partial charge in [-0.3, -0.25) is 0 Å². The molecule has 0 aliphatic heterocycles. The summed E-state index contributed by atoms with van der Waals surface area (Å²) in [6, 6.07) is 10.7. The molecule has 4 nitrogen and oxygen atoms in total. The van der Waals surface area contributed by atoms with Gasteiger partial charge in [0.1, 0.15) is 0 Å². The first-order chi connectivity index (χ1) is 13.5. The van der Waals surface area contributed by atoms with Crippen LogP contribution in [0.2, 0.25) is 0 Å². The van der Waals surface area contributed by atoms with Gasteiger partial charge in [0.15, 0.2) is 0 Å². The summed E-state index contributed by atoms with van der Waals surface area (Å²) in [7, 11) is 1.40. The average molecular weight is 380 g/mol. The topological polar surface area (TPSA) is 53.1 Å². The quantitative estimate of drug-likeness (QED) is 0.548. The number of aromatic nitrogens is 2. The van der Waals surface area contributed by atoms with E-state index in [9.17, 15) is 0 Å². The lowest BCUT2D eigenvalue weighted by Crippen LogP contribution is -2.04. The molecule has 28 heavy (non-hydrogen) atoms. The maximum Gasteiger partial charge on any atom is 0.0649 e. The van der Waals surface area contributed by atoms with Crippen molar-refractivity contribution in [2.24, 2.45) is 11.8 Å². The Bertz CT molecular complexity index is 841. The van der Waals surface area contributed by atoms with E-state index in [0.29, 0.717) is 5.92 Å². The van der Waals surface area contributed by atoms with Crippen molar-refractivity contribution in [3.63, 3.8) is 0 Å². The van der Waals surface area contributed by atoms with E-state index in [-0.39, 0.29) is 0 Å². The molecule has 4 heteroatoms. The van der Waals surface area contributed by atoms with Gasteiger partial charge in [0.05, 0.1) is 18.5 Å². The number of allylic oxidation sites excluding steroid dienone is 6. The number of hydrogen-bond acceptors (Lipinski definition) is 3. The molecule has 0 bridgehead atoms. The van der Waals surface area contributed by atoms with Crippen molar-refractivity contribution in [3.8, 4) is 0 Å². The third kappa shape index (κ3) is 6.48. The molecule has 0 spiro atoms. The first-order valence-electron chi connectivity index (χ1n) is 9.40. The van der Waals surface area contributed by atoms with Gasteiger partial charge in [-0.1, -0.05) is 55.8 Å². The van der Waals surface area contributed by atoms with E-state index in [2.05, 4.69) is 105 Å². The molecule has 2 aromatic rings. The number of hydrogen-bond donors (Lipinski definition) is 1. The van der Waals surface area contributed by atoms with Crippen LogP contribution in [-0.2, 0) is 4.84 Å². The molecule has 1 aromatic carbocycles. The van der Waals surface area contributed by atoms with Crippen LogP contribution in [0.3, 0.4) is 0 Å². The predicted molar refractivity (Wildman–Crippen MR) is 120 cm³/mol. The smallest absolute Gasteiger partial charge is 0.0649 e. The maximum absolute atomic E-state index is 4.64. The van der Waals surface area contributed by atoms with Gasteiger partial charge in [-0.15, -0.1) is 13.2 Å². The first-order valence-corrected chi connectivity index (χ1v) is 9.40. The molecule has 0 fully saturated rings. The fourth-order valence-electron chi connectivity index (χ4n) is 3.00. The van der Waals surface area contributed by atoms with Crippen molar-refractivity contribution >= 4 is 11.3 Å². The van der Waals surface area contributed by atoms with Gasteiger partial charge in [0.2, 0.25) is 0 Å². The molecule has 1 aliphatic carbocycles. The maximum atomic E-state index is 4.64. The lowest BCUT2D eigenvalue weighted by molar-refractivity contribution is 0.206. The van der Waals surface area contributed by atoms with Crippen molar-refractivity contribution in [3.05, 3.63) is 90.3 Å². The second-order valence-electron chi connectivity index (χ2n) is 6.78. The van der Waals surface area contributed by atoms with E-state index in [1.807, 2.05) is 11.6 Å². The average Bonchev–Trinajstić information content (AvgIpc) is 2.98. The minimum absolute atomic E-state index is 0.493. The Kier molecular flexibility index (Phi) is 9.93. The van der Waals surface area contributed by atoms with Crippen LogP contribution >= 0.6 is 0 Å². The molecule has 1 aliphatic rings. The van der Waals surface area contributed by atoms with E-state index < -0.39 is 0 Å². The molecular weight excluding hydrogens is 346 g/mol. The summed E-state index contributed by atoms with van der Waals surface area (Å²) in [4.78, 5) is 3.75. The van der Waals surface area contributed by atoms with Crippen LogP contribution in [0.25, 0.3) is 11.3 Å². The highest BCUT2D eigenvalue weighted by Gasteiger charge is 2.14. The normalized spacial score (nSPS) is 13.2. The Labute approximate surface area is 169 Å². The van der Waals surface area contributed by atoms with Gasteiger partial charge < -0.3 is 4.84 Å². The second-order valence-corrected chi connectivity index (χ2v) is 6.78. The number of nitrogens with zero attached hydrogens (tertiary/aromatic N) is 2. The summed E-state index contributed by atoms with van der Waals surface area (Å²) in [5.74, 6) is 4.84. The Morgan fingerprint density at radius 1 is 1.18 bits per heavy atom. The fourth-order valence-corrected chi connectivity index (χ4v) is 3.00. The van der Waals surface area contributed by atoms with Crippen LogP contribution in [-0.4, -0.2) is 16.9 Å². The van der Waals surface area contributed by atoms with Crippen LogP contribution in [0.15, 0.2) is 73.5 Å². The monoisotopic (exact) mass is 379 g/mol. The summed E-state index contributed by atoms with van der Waals surface area (Å²) in [5.41, 5.74) is 7.45. The fraction of sp³-hybridized carbons (Fsp3) is 0.292. The van der Waals surface area contributed by atoms with Gasteiger partial charge in [0, 0.05) is 6.20 Å². The Balaban J connectivity index is 0.000000717. The van der Waals surface area contributed by atoms with Gasteiger partial charge >= 0.3 is 0 Å². The molecule has 3 rings (SSSR count). The summed E-state index contributed by atoms with van der Waals surface area (Å²) in [6.45, 7) is 14.7. The molecule has 0 saturated carbocycles. The van der Waals surface area contributed by atoms with Gasteiger partial charge in [-0.05, 0) is 55.0 Å². The molecule has 0 radical (unpaired) electrons. The Morgan fingerprint density at radius 3 is 2.39 bits per heavy atom. The molecule has 1 heterocycles. The van der Waals surface area contributed by atoms with E-state index in [4.69, 9.17) is 0 Å². The number of aryl methyl sites for hydroxylation is 2. The van der Waals surface area contributed by atoms with Crippen LogP contribution < -0.4 is 5.90 Å². The summed E-state index contributed by atoms with van der Waals surface area (Å²) in [6.07, 6.45) is 9.81. The molecule has 150 valence electrons.